The van der Waals surface area contributed by atoms with Crippen LogP contribution in [-0.2, 0) is 0 Å². The van der Waals surface area contributed by atoms with Gasteiger partial charge in [-0.3, -0.25) is 0 Å². The van der Waals surface area contributed by atoms with Crippen LogP contribution in [0.3, 0.4) is 0 Å². The van der Waals surface area contributed by atoms with E-state index in [0.717, 1.165) is 6.42 Å². The van der Waals surface area contributed by atoms with Crippen LogP contribution in [0.2, 0.25) is 0 Å². The Labute approximate surface area is 90.8 Å². The molecule has 0 heteroatoms. The Bertz CT molecular complexity index is 113. The van der Waals surface area contributed by atoms with Gasteiger partial charge in [0.25, 0.3) is 0 Å². The fourth-order valence-electron chi connectivity index (χ4n) is 1.61. The van der Waals surface area contributed by atoms with E-state index in [1.54, 1.807) is 0 Å². The van der Waals surface area contributed by atoms with Crippen LogP contribution in [0.15, 0.2) is 12.2 Å². The minimum atomic E-state index is 1.11. The molecular formula is C14H27. The molecule has 0 heterocycles. The van der Waals surface area contributed by atoms with Gasteiger partial charge in [-0.25, -0.2) is 0 Å². The summed E-state index contributed by atoms with van der Waals surface area (Å²) >= 11 is 0. The van der Waals surface area contributed by atoms with E-state index in [-0.39, 0.29) is 0 Å². The number of allylic oxidation sites excluding steroid dienone is 2. The maximum absolute atomic E-state index is 3.85. The lowest BCUT2D eigenvalue weighted by atomic mass is 10.1. The number of hydrogen-bond donors (Lipinski definition) is 0. The molecule has 0 spiro atoms. The van der Waals surface area contributed by atoms with Crippen molar-refractivity contribution < 1.29 is 0 Å². The van der Waals surface area contributed by atoms with Crippen molar-refractivity contribution in [3.8, 4) is 0 Å². The van der Waals surface area contributed by atoms with Gasteiger partial charge in [0.05, 0.1) is 0 Å². The average molecular weight is 195 g/mol. The molecule has 0 saturated carbocycles. The summed E-state index contributed by atoms with van der Waals surface area (Å²) in [6.45, 7) is 6.05. The summed E-state index contributed by atoms with van der Waals surface area (Å²) in [5, 5.41) is 0. The Kier molecular flexibility index (Phi) is 12.5. The fraction of sp³-hybridized carbons (Fsp3) is 0.786. The predicted octanol–water partition coefficient (Wildman–Crippen LogP) is 5.30. The maximum atomic E-state index is 3.85. The van der Waals surface area contributed by atoms with Gasteiger partial charge in [0, 0.05) is 0 Å². The van der Waals surface area contributed by atoms with Crippen LogP contribution < -0.4 is 0 Å². The highest BCUT2D eigenvalue weighted by Crippen LogP contribution is 2.09. The SMILES string of the molecule is [CH2]CCCCCCCCC/C=C/CC. The summed E-state index contributed by atoms with van der Waals surface area (Å²) in [5.74, 6) is 0. The van der Waals surface area contributed by atoms with E-state index < -0.39 is 0 Å². The van der Waals surface area contributed by atoms with Crippen LogP contribution in [-0.4, -0.2) is 0 Å². The maximum Gasteiger partial charge on any atom is -0.0351 e. The molecule has 0 N–H and O–H groups in total. The zero-order valence-electron chi connectivity index (χ0n) is 9.93. The lowest BCUT2D eigenvalue weighted by Gasteiger charge is -1.99. The Balaban J connectivity index is 2.88. The van der Waals surface area contributed by atoms with Crippen molar-refractivity contribution in [1.82, 2.24) is 0 Å². The van der Waals surface area contributed by atoms with Crippen molar-refractivity contribution in [2.24, 2.45) is 0 Å². The molecule has 0 atom stereocenters. The largest absolute Gasteiger partial charge is 0.0888 e. The fourth-order valence-corrected chi connectivity index (χ4v) is 1.61. The Morgan fingerprint density at radius 2 is 1.36 bits per heavy atom. The van der Waals surface area contributed by atoms with Crippen molar-refractivity contribution >= 4 is 0 Å². The van der Waals surface area contributed by atoms with Crippen molar-refractivity contribution in [2.75, 3.05) is 0 Å². The first-order valence-corrected chi connectivity index (χ1v) is 6.36. The van der Waals surface area contributed by atoms with E-state index in [9.17, 15) is 0 Å². The number of hydrogen-bond acceptors (Lipinski definition) is 0. The summed E-state index contributed by atoms with van der Waals surface area (Å²) in [5.41, 5.74) is 0. The van der Waals surface area contributed by atoms with Crippen LogP contribution in [0.5, 0.6) is 0 Å². The van der Waals surface area contributed by atoms with Crippen LogP contribution in [0.1, 0.15) is 71.1 Å². The van der Waals surface area contributed by atoms with E-state index in [1.807, 2.05) is 0 Å². The first-order chi connectivity index (χ1) is 6.91. The van der Waals surface area contributed by atoms with Crippen LogP contribution in [0.4, 0.5) is 0 Å². The monoisotopic (exact) mass is 195 g/mol. The van der Waals surface area contributed by atoms with Crippen molar-refractivity contribution in [3.05, 3.63) is 19.1 Å². The zero-order chi connectivity index (χ0) is 10.5. The Hall–Kier alpha value is -0.260. The zero-order valence-corrected chi connectivity index (χ0v) is 9.93. The standard InChI is InChI=1S/C14H27/c1-3-5-7-9-11-13-14-12-10-8-6-4-2/h6,8H,1,3-5,7,9-14H2,2H3/b8-6+. The van der Waals surface area contributed by atoms with Gasteiger partial charge in [0.2, 0.25) is 0 Å². The lowest BCUT2D eigenvalue weighted by molar-refractivity contribution is 0.583. The molecule has 0 aliphatic rings. The minimum Gasteiger partial charge on any atom is -0.0888 e. The highest BCUT2D eigenvalue weighted by atomic mass is 14.0. The summed E-state index contributed by atoms with van der Waals surface area (Å²) in [7, 11) is 0. The molecule has 0 saturated heterocycles. The molecule has 0 amide bonds. The average Bonchev–Trinajstić information content (AvgIpc) is 2.21. The summed E-state index contributed by atoms with van der Waals surface area (Å²) in [6.07, 6.45) is 18.0. The third-order valence-corrected chi connectivity index (χ3v) is 2.52. The van der Waals surface area contributed by atoms with Crippen molar-refractivity contribution in [2.45, 2.75) is 71.1 Å². The normalized spacial score (nSPS) is 11.3. The van der Waals surface area contributed by atoms with Crippen LogP contribution >= 0.6 is 0 Å². The van der Waals surface area contributed by atoms with E-state index in [0.29, 0.717) is 0 Å². The molecule has 83 valence electrons. The summed E-state index contributed by atoms with van der Waals surface area (Å²) in [4.78, 5) is 0. The van der Waals surface area contributed by atoms with E-state index in [1.165, 1.54) is 57.8 Å². The Morgan fingerprint density at radius 3 is 1.93 bits per heavy atom. The van der Waals surface area contributed by atoms with Gasteiger partial charge in [-0.15, -0.1) is 0 Å². The van der Waals surface area contributed by atoms with Gasteiger partial charge in [0.1, 0.15) is 0 Å². The van der Waals surface area contributed by atoms with Gasteiger partial charge in [-0.2, -0.15) is 0 Å². The molecule has 0 aromatic heterocycles. The van der Waals surface area contributed by atoms with Gasteiger partial charge < -0.3 is 0 Å². The number of rotatable bonds is 10. The molecule has 0 fully saturated rings. The highest BCUT2D eigenvalue weighted by molar-refractivity contribution is 4.79. The first-order valence-electron chi connectivity index (χ1n) is 6.36. The molecule has 0 bridgehead atoms. The molecular weight excluding hydrogens is 168 g/mol. The Morgan fingerprint density at radius 1 is 0.786 bits per heavy atom. The minimum absolute atomic E-state index is 1.11. The van der Waals surface area contributed by atoms with Gasteiger partial charge in [0.15, 0.2) is 0 Å². The van der Waals surface area contributed by atoms with Crippen molar-refractivity contribution in [1.29, 1.82) is 0 Å². The van der Waals surface area contributed by atoms with Crippen LogP contribution in [0.25, 0.3) is 0 Å². The smallest absolute Gasteiger partial charge is 0.0351 e. The third-order valence-electron chi connectivity index (χ3n) is 2.52. The summed E-state index contributed by atoms with van der Waals surface area (Å²) in [6, 6.07) is 0. The molecule has 0 rings (SSSR count). The third kappa shape index (κ3) is 11.7. The molecule has 1 radical (unpaired) electrons. The molecule has 0 aromatic rings. The number of unbranched alkanes of at least 4 members (excludes halogenated alkanes) is 8. The second-order valence-corrected chi connectivity index (χ2v) is 4.00. The van der Waals surface area contributed by atoms with Crippen LogP contribution in [0, 0.1) is 6.92 Å². The van der Waals surface area contributed by atoms with Crippen molar-refractivity contribution in [3.63, 3.8) is 0 Å². The first kappa shape index (κ1) is 13.7. The van der Waals surface area contributed by atoms with E-state index >= 15 is 0 Å². The van der Waals surface area contributed by atoms with E-state index in [4.69, 9.17) is 0 Å². The summed E-state index contributed by atoms with van der Waals surface area (Å²) < 4.78 is 0. The van der Waals surface area contributed by atoms with E-state index in [2.05, 4.69) is 26.0 Å². The second-order valence-electron chi connectivity index (χ2n) is 4.00. The molecule has 0 unspecified atom stereocenters. The van der Waals surface area contributed by atoms with Gasteiger partial charge in [-0.05, 0) is 19.3 Å². The molecule has 0 aliphatic carbocycles. The molecule has 14 heavy (non-hydrogen) atoms. The highest BCUT2D eigenvalue weighted by Gasteiger charge is 1.89. The molecule has 0 aromatic carbocycles. The van der Waals surface area contributed by atoms with Gasteiger partial charge in [-0.1, -0.05) is 70.9 Å². The molecule has 0 aliphatic heterocycles. The topological polar surface area (TPSA) is 0 Å². The lowest BCUT2D eigenvalue weighted by Crippen LogP contribution is -1.79. The quantitative estimate of drug-likeness (QED) is 0.328. The second kappa shape index (κ2) is 12.7. The van der Waals surface area contributed by atoms with Gasteiger partial charge >= 0.3 is 0 Å². The predicted molar refractivity (Wildman–Crippen MR) is 66.3 cm³/mol. The molecule has 0 nitrogen and oxygen atoms in total.